The monoisotopic (exact) mass is 243 g/mol. The lowest BCUT2D eigenvalue weighted by molar-refractivity contribution is -0.113. The van der Waals surface area contributed by atoms with Gasteiger partial charge in [0.2, 0.25) is 0 Å². The van der Waals surface area contributed by atoms with Crippen LogP contribution >= 0.6 is 0 Å². The molecular formula is C11H15F2N3O. The first-order valence-corrected chi connectivity index (χ1v) is 5.71. The standard InChI is InChI=1S/C11H15F2N3O/c12-11(13)16-6-4-14-10(16)7-15-5-2-1-3-9(15)8-17/h4,6,8-9,11H,1-3,5,7H2. The second-order valence-electron chi connectivity index (χ2n) is 4.20. The Kier molecular flexibility index (Phi) is 3.83. The Bertz CT molecular complexity index is 381. The van der Waals surface area contributed by atoms with Crippen LogP contribution in [0.4, 0.5) is 8.78 Å². The summed E-state index contributed by atoms with van der Waals surface area (Å²) in [5.74, 6) is 0.314. The summed E-state index contributed by atoms with van der Waals surface area (Å²) >= 11 is 0. The average molecular weight is 243 g/mol. The molecule has 4 nitrogen and oxygen atoms in total. The third-order valence-corrected chi connectivity index (χ3v) is 3.12. The highest BCUT2D eigenvalue weighted by Crippen LogP contribution is 2.19. The van der Waals surface area contributed by atoms with Crippen molar-refractivity contribution in [1.29, 1.82) is 0 Å². The first kappa shape index (κ1) is 12.2. The van der Waals surface area contributed by atoms with Crippen molar-refractivity contribution in [1.82, 2.24) is 14.5 Å². The number of nitrogens with zero attached hydrogens (tertiary/aromatic N) is 3. The minimum absolute atomic E-state index is 0.161. The van der Waals surface area contributed by atoms with Gasteiger partial charge in [-0.05, 0) is 19.4 Å². The molecule has 1 fully saturated rings. The van der Waals surface area contributed by atoms with Crippen LogP contribution in [0.5, 0.6) is 0 Å². The van der Waals surface area contributed by atoms with Crippen molar-refractivity contribution in [3.05, 3.63) is 18.2 Å². The van der Waals surface area contributed by atoms with Crippen LogP contribution in [0.25, 0.3) is 0 Å². The number of rotatable bonds is 4. The summed E-state index contributed by atoms with van der Waals surface area (Å²) in [6, 6.07) is -0.161. The van der Waals surface area contributed by atoms with Crippen molar-refractivity contribution in [2.75, 3.05) is 6.54 Å². The van der Waals surface area contributed by atoms with Gasteiger partial charge in [0.1, 0.15) is 12.1 Å². The maximum Gasteiger partial charge on any atom is 0.319 e. The Morgan fingerprint density at radius 3 is 3.06 bits per heavy atom. The Morgan fingerprint density at radius 2 is 2.35 bits per heavy atom. The molecule has 1 atom stereocenters. The van der Waals surface area contributed by atoms with E-state index in [0.717, 1.165) is 36.7 Å². The Hall–Kier alpha value is -1.30. The summed E-state index contributed by atoms with van der Waals surface area (Å²) in [5.41, 5.74) is 0. The molecule has 0 radical (unpaired) electrons. The van der Waals surface area contributed by atoms with E-state index in [9.17, 15) is 13.6 Å². The highest BCUT2D eigenvalue weighted by molar-refractivity contribution is 5.57. The summed E-state index contributed by atoms with van der Waals surface area (Å²) in [5, 5.41) is 0. The number of carbonyl (C=O) groups is 1. The Labute approximate surface area is 98.2 Å². The molecule has 1 saturated heterocycles. The van der Waals surface area contributed by atoms with Crippen LogP contribution in [-0.2, 0) is 11.3 Å². The molecule has 2 rings (SSSR count). The second kappa shape index (κ2) is 5.35. The number of hydrogen-bond donors (Lipinski definition) is 0. The van der Waals surface area contributed by atoms with Crippen LogP contribution in [0, 0.1) is 0 Å². The molecule has 1 aliphatic rings. The Balaban J connectivity index is 2.08. The maximum atomic E-state index is 12.6. The first-order chi connectivity index (χ1) is 8.22. The molecule has 0 bridgehead atoms. The lowest BCUT2D eigenvalue weighted by Crippen LogP contribution is -2.40. The van der Waals surface area contributed by atoms with Crippen LogP contribution in [0.1, 0.15) is 31.6 Å². The number of carbonyl (C=O) groups excluding carboxylic acids is 1. The molecule has 6 heteroatoms. The third-order valence-electron chi connectivity index (χ3n) is 3.12. The highest BCUT2D eigenvalue weighted by Gasteiger charge is 2.24. The zero-order valence-corrected chi connectivity index (χ0v) is 9.43. The zero-order valence-electron chi connectivity index (χ0n) is 9.43. The van der Waals surface area contributed by atoms with E-state index in [-0.39, 0.29) is 6.04 Å². The lowest BCUT2D eigenvalue weighted by Gasteiger charge is -2.31. The lowest BCUT2D eigenvalue weighted by atomic mass is 10.0. The van der Waals surface area contributed by atoms with E-state index >= 15 is 0 Å². The largest absolute Gasteiger partial charge is 0.319 e. The van der Waals surface area contributed by atoms with Crippen LogP contribution in [0.2, 0.25) is 0 Å². The number of aromatic nitrogens is 2. The fourth-order valence-corrected chi connectivity index (χ4v) is 2.19. The van der Waals surface area contributed by atoms with E-state index in [4.69, 9.17) is 0 Å². The molecule has 0 aliphatic carbocycles. The van der Waals surface area contributed by atoms with Crippen LogP contribution in [-0.4, -0.2) is 33.3 Å². The topological polar surface area (TPSA) is 38.1 Å². The zero-order chi connectivity index (χ0) is 12.3. The van der Waals surface area contributed by atoms with Crippen LogP contribution < -0.4 is 0 Å². The molecular weight excluding hydrogens is 228 g/mol. The van der Waals surface area contributed by atoms with Crippen molar-refractivity contribution >= 4 is 6.29 Å². The predicted octanol–water partition coefficient (Wildman–Crippen LogP) is 1.83. The molecule has 1 aromatic heterocycles. The molecule has 0 spiro atoms. The van der Waals surface area contributed by atoms with E-state index in [1.165, 1.54) is 12.4 Å². The van der Waals surface area contributed by atoms with Crippen LogP contribution in [0.3, 0.4) is 0 Å². The fraction of sp³-hybridized carbons (Fsp3) is 0.636. The van der Waals surface area contributed by atoms with E-state index in [1.807, 2.05) is 4.90 Å². The van der Waals surface area contributed by atoms with Crippen molar-refractivity contribution in [2.45, 2.75) is 38.4 Å². The van der Waals surface area contributed by atoms with Gasteiger partial charge in [-0.2, -0.15) is 8.78 Å². The second-order valence-corrected chi connectivity index (χ2v) is 4.20. The quantitative estimate of drug-likeness (QED) is 0.757. The minimum atomic E-state index is -2.58. The summed E-state index contributed by atoms with van der Waals surface area (Å²) in [7, 11) is 0. The van der Waals surface area contributed by atoms with E-state index in [0.29, 0.717) is 12.4 Å². The van der Waals surface area contributed by atoms with E-state index in [1.54, 1.807) is 0 Å². The van der Waals surface area contributed by atoms with Gasteiger partial charge in [-0.15, -0.1) is 0 Å². The van der Waals surface area contributed by atoms with E-state index < -0.39 is 6.55 Å². The number of alkyl halides is 2. The molecule has 0 amide bonds. The predicted molar refractivity (Wildman–Crippen MR) is 57.6 cm³/mol. The molecule has 2 heterocycles. The van der Waals surface area contributed by atoms with E-state index in [2.05, 4.69) is 4.98 Å². The molecule has 1 unspecified atom stereocenters. The highest BCUT2D eigenvalue weighted by atomic mass is 19.3. The Morgan fingerprint density at radius 1 is 1.53 bits per heavy atom. The molecule has 0 aromatic carbocycles. The summed E-state index contributed by atoms with van der Waals surface area (Å²) < 4.78 is 26.1. The number of halogens is 2. The normalized spacial score (nSPS) is 21.9. The van der Waals surface area contributed by atoms with Gasteiger partial charge in [-0.25, -0.2) is 4.98 Å². The fourth-order valence-electron chi connectivity index (χ4n) is 2.19. The van der Waals surface area contributed by atoms with Crippen molar-refractivity contribution in [2.24, 2.45) is 0 Å². The SMILES string of the molecule is O=CC1CCCCN1Cc1nccn1C(F)F. The number of hydrogen-bond acceptors (Lipinski definition) is 3. The third kappa shape index (κ3) is 2.69. The summed E-state index contributed by atoms with van der Waals surface area (Å²) in [4.78, 5) is 16.7. The maximum absolute atomic E-state index is 12.6. The van der Waals surface area contributed by atoms with Gasteiger partial charge in [0.25, 0.3) is 0 Å². The molecule has 1 aliphatic heterocycles. The van der Waals surface area contributed by atoms with Gasteiger partial charge >= 0.3 is 6.55 Å². The summed E-state index contributed by atoms with van der Waals surface area (Å²) in [6.45, 7) is -1.51. The number of imidazole rings is 1. The van der Waals surface area contributed by atoms with Crippen molar-refractivity contribution in [3.8, 4) is 0 Å². The average Bonchev–Trinajstić information content (AvgIpc) is 2.78. The number of aldehydes is 1. The van der Waals surface area contributed by atoms with Gasteiger partial charge < -0.3 is 4.79 Å². The summed E-state index contributed by atoms with van der Waals surface area (Å²) in [6.07, 6.45) is 6.35. The molecule has 1 aromatic rings. The molecule has 17 heavy (non-hydrogen) atoms. The van der Waals surface area contributed by atoms with Gasteiger partial charge in [-0.1, -0.05) is 6.42 Å². The van der Waals surface area contributed by atoms with Crippen molar-refractivity contribution < 1.29 is 13.6 Å². The van der Waals surface area contributed by atoms with Gasteiger partial charge in [-0.3, -0.25) is 9.47 Å². The number of likely N-dealkylation sites (tertiary alicyclic amines) is 1. The van der Waals surface area contributed by atoms with Gasteiger partial charge in [0.15, 0.2) is 0 Å². The van der Waals surface area contributed by atoms with Gasteiger partial charge in [0, 0.05) is 12.4 Å². The van der Waals surface area contributed by atoms with Gasteiger partial charge in [0.05, 0.1) is 12.6 Å². The molecule has 94 valence electrons. The minimum Gasteiger partial charge on any atom is -0.302 e. The van der Waals surface area contributed by atoms with Crippen molar-refractivity contribution in [3.63, 3.8) is 0 Å². The first-order valence-electron chi connectivity index (χ1n) is 5.71. The van der Waals surface area contributed by atoms with Crippen LogP contribution in [0.15, 0.2) is 12.4 Å². The number of piperidine rings is 1. The molecule has 0 saturated carbocycles. The molecule has 0 N–H and O–H groups in total. The smallest absolute Gasteiger partial charge is 0.302 e.